The zero-order valence-corrected chi connectivity index (χ0v) is 42.9. The van der Waals surface area contributed by atoms with E-state index in [1.54, 1.807) is 0 Å². The molecule has 0 aliphatic heterocycles. The minimum atomic E-state index is -0.760. The van der Waals surface area contributed by atoms with Crippen molar-refractivity contribution in [2.24, 2.45) is 0 Å². The van der Waals surface area contributed by atoms with E-state index >= 15 is 0 Å². The summed E-state index contributed by atoms with van der Waals surface area (Å²) in [5, 5.41) is 0. The first kappa shape index (κ1) is 61.4. The summed E-state index contributed by atoms with van der Waals surface area (Å²) in [6, 6.07) is 0. The summed E-state index contributed by atoms with van der Waals surface area (Å²) in [5.41, 5.74) is 0. The molecule has 0 aliphatic carbocycles. The minimum Gasteiger partial charge on any atom is -0.462 e. The molecule has 6 heteroatoms. The number of carbonyl (C=O) groups excluding carboxylic acids is 3. The summed E-state index contributed by atoms with van der Waals surface area (Å²) in [7, 11) is 0. The maximum Gasteiger partial charge on any atom is 0.306 e. The molecule has 0 aromatic heterocycles. The lowest BCUT2D eigenvalue weighted by Crippen LogP contribution is -2.30. The van der Waals surface area contributed by atoms with E-state index < -0.39 is 6.10 Å². The molecule has 6 nitrogen and oxygen atoms in total. The third kappa shape index (κ3) is 51.3. The second-order valence-corrected chi connectivity index (χ2v) is 19.6. The normalized spacial score (nSPS) is 11.9. The Hall–Kier alpha value is -1.59. The standard InChI is InChI=1S/C57H110O6/c1-4-7-10-13-16-19-22-24-26-28-29-30-32-34-36-39-42-45-48-51-57(60)63-54(52-61-55(58)49-46-43-40-37-21-18-15-12-9-6-3)53-62-56(59)50-47-44-41-38-35-33-31-27-25-23-20-17-14-11-8-5-2/h54H,4-53H2,1-3H3/t54-/m1/s1. The van der Waals surface area contributed by atoms with Crippen LogP contribution in [0, 0.1) is 0 Å². The number of rotatable bonds is 53. The van der Waals surface area contributed by atoms with Crippen molar-refractivity contribution in [2.45, 2.75) is 335 Å². The highest BCUT2D eigenvalue weighted by Gasteiger charge is 2.19. The highest BCUT2D eigenvalue weighted by atomic mass is 16.6. The van der Waals surface area contributed by atoms with Crippen LogP contribution in [-0.2, 0) is 28.6 Å². The Bertz CT molecular complexity index is 936. The molecular formula is C57H110O6. The van der Waals surface area contributed by atoms with Crippen LogP contribution in [-0.4, -0.2) is 37.2 Å². The van der Waals surface area contributed by atoms with Crippen molar-refractivity contribution in [3.63, 3.8) is 0 Å². The largest absolute Gasteiger partial charge is 0.462 e. The van der Waals surface area contributed by atoms with Gasteiger partial charge >= 0.3 is 17.9 Å². The van der Waals surface area contributed by atoms with Crippen LogP contribution in [0.25, 0.3) is 0 Å². The third-order valence-electron chi connectivity index (χ3n) is 13.1. The molecule has 0 aromatic carbocycles. The molecule has 0 saturated heterocycles. The molecule has 0 aliphatic rings. The van der Waals surface area contributed by atoms with E-state index in [0.29, 0.717) is 19.3 Å². The van der Waals surface area contributed by atoms with Gasteiger partial charge < -0.3 is 14.2 Å². The Kier molecular flexibility index (Phi) is 51.7. The molecule has 0 fully saturated rings. The summed E-state index contributed by atoms with van der Waals surface area (Å²) in [5.74, 6) is -0.836. The lowest BCUT2D eigenvalue weighted by molar-refractivity contribution is -0.167. The first-order chi connectivity index (χ1) is 31.0. The average molecular weight is 892 g/mol. The van der Waals surface area contributed by atoms with Crippen LogP contribution in [0.3, 0.4) is 0 Å². The van der Waals surface area contributed by atoms with E-state index in [1.807, 2.05) is 0 Å². The van der Waals surface area contributed by atoms with Crippen LogP contribution < -0.4 is 0 Å². The van der Waals surface area contributed by atoms with Crippen molar-refractivity contribution in [3.8, 4) is 0 Å². The third-order valence-corrected chi connectivity index (χ3v) is 13.1. The van der Waals surface area contributed by atoms with Gasteiger partial charge in [0.25, 0.3) is 0 Å². The maximum atomic E-state index is 12.8. The fourth-order valence-corrected chi connectivity index (χ4v) is 8.80. The number of esters is 3. The van der Waals surface area contributed by atoms with Gasteiger partial charge in [0.05, 0.1) is 0 Å². The van der Waals surface area contributed by atoms with Crippen LogP contribution in [0.1, 0.15) is 329 Å². The minimum absolute atomic E-state index is 0.0613. The number of hydrogen-bond acceptors (Lipinski definition) is 6. The molecule has 0 unspecified atom stereocenters. The quantitative estimate of drug-likeness (QED) is 0.0344. The molecule has 0 saturated carbocycles. The smallest absolute Gasteiger partial charge is 0.306 e. The van der Waals surface area contributed by atoms with Crippen molar-refractivity contribution in [1.29, 1.82) is 0 Å². The van der Waals surface area contributed by atoms with Crippen LogP contribution in [0.4, 0.5) is 0 Å². The van der Waals surface area contributed by atoms with Crippen molar-refractivity contribution >= 4 is 17.9 Å². The fourth-order valence-electron chi connectivity index (χ4n) is 8.80. The van der Waals surface area contributed by atoms with Gasteiger partial charge in [-0.3, -0.25) is 14.4 Å². The number of unbranched alkanes of at least 4 members (excludes halogenated alkanes) is 42. The second kappa shape index (κ2) is 53.0. The Morgan fingerprint density at radius 1 is 0.254 bits per heavy atom. The highest BCUT2D eigenvalue weighted by Crippen LogP contribution is 2.18. The molecule has 0 N–H and O–H groups in total. The summed E-state index contributed by atoms with van der Waals surface area (Å²) in [4.78, 5) is 38.0. The molecule has 1 atom stereocenters. The number of carbonyl (C=O) groups is 3. The monoisotopic (exact) mass is 891 g/mol. The van der Waals surface area contributed by atoms with Crippen LogP contribution in [0.2, 0.25) is 0 Å². The van der Waals surface area contributed by atoms with Crippen LogP contribution >= 0.6 is 0 Å². The van der Waals surface area contributed by atoms with Crippen molar-refractivity contribution < 1.29 is 28.6 Å². The molecule has 374 valence electrons. The maximum absolute atomic E-state index is 12.8. The molecule has 63 heavy (non-hydrogen) atoms. The molecule has 0 bridgehead atoms. The van der Waals surface area contributed by atoms with Gasteiger partial charge in [-0.2, -0.15) is 0 Å². The van der Waals surface area contributed by atoms with Crippen LogP contribution in [0.15, 0.2) is 0 Å². The topological polar surface area (TPSA) is 78.9 Å². The Balaban J connectivity index is 4.23. The SMILES string of the molecule is CCCCCCCCCCCCCCCCCCCCCC(=O)O[C@H](COC(=O)CCCCCCCCCCCC)COC(=O)CCCCCCCCCCCCCCCCCC. The molecule has 0 spiro atoms. The van der Waals surface area contributed by atoms with Gasteiger partial charge in [-0.05, 0) is 19.3 Å². The van der Waals surface area contributed by atoms with Gasteiger partial charge in [0.2, 0.25) is 0 Å². The molecule has 0 radical (unpaired) electrons. The zero-order chi connectivity index (χ0) is 45.8. The lowest BCUT2D eigenvalue weighted by Gasteiger charge is -2.18. The average Bonchev–Trinajstić information content (AvgIpc) is 3.28. The number of ether oxygens (including phenoxy) is 3. The van der Waals surface area contributed by atoms with E-state index in [2.05, 4.69) is 20.8 Å². The Morgan fingerprint density at radius 2 is 0.429 bits per heavy atom. The van der Waals surface area contributed by atoms with Gasteiger partial charge in [0.1, 0.15) is 13.2 Å². The van der Waals surface area contributed by atoms with E-state index in [0.717, 1.165) is 57.8 Å². The van der Waals surface area contributed by atoms with E-state index in [4.69, 9.17) is 14.2 Å². The van der Waals surface area contributed by atoms with Gasteiger partial charge in [0, 0.05) is 19.3 Å². The molecule has 0 amide bonds. The first-order valence-corrected chi connectivity index (χ1v) is 28.5. The van der Waals surface area contributed by atoms with Gasteiger partial charge in [-0.15, -0.1) is 0 Å². The lowest BCUT2D eigenvalue weighted by atomic mass is 10.0. The highest BCUT2D eigenvalue weighted by molar-refractivity contribution is 5.71. The van der Waals surface area contributed by atoms with Crippen molar-refractivity contribution in [2.75, 3.05) is 13.2 Å². The summed E-state index contributed by atoms with van der Waals surface area (Å²) in [6.07, 6.45) is 58.1. The van der Waals surface area contributed by atoms with Crippen molar-refractivity contribution in [1.82, 2.24) is 0 Å². The van der Waals surface area contributed by atoms with E-state index in [-0.39, 0.29) is 31.1 Å². The molecule has 0 aromatic rings. The second-order valence-electron chi connectivity index (χ2n) is 19.6. The summed E-state index contributed by atoms with van der Waals surface area (Å²) >= 11 is 0. The van der Waals surface area contributed by atoms with Gasteiger partial charge in [0.15, 0.2) is 6.10 Å². The van der Waals surface area contributed by atoms with E-state index in [9.17, 15) is 14.4 Å². The summed E-state index contributed by atoms with van der Waals surface area (Å²) < 4.78 is 16.9. The summed E-state index contributed by atoms with van der Waals surface area (Å²) in [6.45, 7) is 6.69. The zero-order valence-electron chi connectivity index (χ0n) is 42.9. The van der Waals surface area contributed by atoms with Gasteiger partial charge in [-0.1, -0.05) is 290 Å². The Morgan fingerprint density at radius 3 is 0.635 bits per heavy atom. The molecule has 0 heterocycles. The molecule has 0 rings (SSSR count). The fraction of sp³-hybridized carbons (Fsp3) is 0.947. The van der Waals surface area contributed by atoms with Gasteiger partial charge in [-0.25, -0.2) is 0 Å². The van der Waals surface area contributed by atoms with E-state index in [1.165, 1.54) is 231 Å². The Labute approximate surface area is 393 Å². The number of hydrogen-bond donors (Lipinski definition) is 0. The van der Waals surface area contributed by atoms with Crippen LogP contribution in [0.5, 0.6) is 0 Å². The predicted molar refractivity (Wildman–Crippen MR) is 270 cm³/mol. The molecular weight excluding hydrogens is 781 g/mol. The van der Waals surface area contributed by atoms with Crippen molar-refractivity contribution in [3.05, 3.63) is 0 Å². The predicted octanol–water partition coefficient (Wildman–Crippen LogP) is 18.8. The first-order valence-electron chi connectivity index (χ1n) is 28.5.